The molecule has 1 unspecified atom stereocenters. The Morgan fingerprint density at radius 1 is 1.05 bits per heavy atom. The van der Waals surface area contributed by atoms with Crippen molar-refractivity contribution in [3.63, 3.8) is 0 Å². The third-order valence-corrected chi connectivity index (χ3v) is 3.50. The summed E-state index contributed by atoms with van der Waals surface area (Å²) >= 11 is 6.08. The van der Waals surface area contributed by atoms with E-state index in [1.54, 1.807) is 30.3 Å². The highest BCUT2D eigenvalue weighted by Crippen LogP contribution is 2.34. The molecular formula is C15H13ClN2O3. The quantitative estimate of drug-likeness (QED) is 0.789. The van der Waals surface area contributed by atoms with Crippen molar-refractivity contribution in [2.24, 2.45) is 11.5 Å². The van der Waals surface area contributed by atoms with E-state index < -0.39 is 17.4 Å². The van der Waals surface area contributed by atoms with Crippen LogP contribution in [0.3, 0.4) is 0 Å². The molecule has 2 amide bonds. The number of carbonyl (C=O) groups excluding carboxylic acids is 2. The first-order valence-corrected chi connectivity index (χ1v) is 6.42. The van der Waals surface area contributed by atoms with Crippen LogP contribution in [0, 0.1) is 0 Å². The van der Waals surface area contributed by atoms with Gasteiger partial charge in [-0.25, -0.2) is 0 Å². The number of hydrogen-bond donors (Lipinski definition) is 3. The minimum absolute atomic E-state index is 0.0245. The molecule has 0 aliphatic carbocycles. The van der Waals surface area contributed by atoms with Gasteiger partial charge in [0, 0.05) is 16.1 Å². The summed E-state index contributed by atoms with van der Waals surface area (Å²) in [6.45, 7) is 0. The van der Waals surface area contributed by atoms with E-state index in [9.17, 15) is 14.7 Å². The van der Waals surface area contributed by atoms with Crippen LogP contribution in [0.5, 0.6) is 0 Å². The second-order valence-corrected chi connectivity index (χ2v) is 4.91. The second-order valence-electron chi connectivity index (χ2n) is 4.50. The predicted molar refractivity (Wildman–Crippen MR) is 78.6 cm³/mol. The lowest BCUT2D eigenvalue weighted by molar-refractivity contribution is -0.133. The zero-order valence-corrected chi connectivity index (χ0v) is 11.7. The molecule has 0 fully saturated rings. The SMILES string of the molecule is NC(=O)c1ccc(C(O)(C(N)=O)c2ccccc2)c(Cl)c1. The Bertz CT molecular complexity index is 703. The van der Waals surface area contributed by atoms with Crippen LogP contribution in [0.15, 0.2) is 48.5 Å². The van der Waals surface area contributed by atoms with E-state index in [4.69, 9.17) is 23.1 Å². The zero-order valence-electron chi connectivity index (χ0n) is 10.9. The van der Waals surface area contributed by atoms with Gasteiger partial charge >= 0.3 is 0 Å². The average molecular weight is 305 g/mol. The van der Waals surface area contributed by atoms with Gasteiger partial charge in [-0.1, -0.05) is 48.0 Å². The monoisotopic (exact) mass is 304 g/mol. The molecule has 0 saturated carbocycles. The molecule has 5 nitrogen and oxygen atoms in total. The van der Waals surface area contributed by atoms with Crippen molar-refractivity contribution >= 4 is 23.4 Å². The largest absolute Gasteiger partial charge is 0.372 e. The van der Waals surface area contributed by atoms with E-state index in [1.807, 2.05) is 0 Å². The molecule has 21 heavy (non-hydrogen) atoms. The number of aliphatic hydroxyl groups is 1. The number of hydrogen-bond acceptors (Lipinski definition) is 3. The lowest BCUT2D eigenvalue weighted by Crippen LogP contribution is -2.42. The van der Waals surface area contributed by atoms with E-state index in [0.29, 0.717) is 0 Å². The summed E-state index contributed by atoms with van der Waals surface area (Å²) in [5.41, 5.74) is 8.98. The first kappa shape index (κ1) is 15.0. The van der Waals surface area contributed by atoms with Crippen LogP contribution < -0.4 is 11.5 Å². The molecule has 0 bridgehead atoms. The number of amides is 2. The van der Waals surface area contributed by atoms with Gasteiger partial charge in [0.05, 0.1) is 0 Å². The molecule has 108 valence electrons. The van der Waals surface area contributed by atoms with Crippen molar-refractivity contribution in [3.8, 4) is 0 Å². The van der Waals surface area contributed by atoms with Gasteiger partial charge in [0.1, 0.15) is 0 Å². The van der Waals surface area contributed by atoms with Gasteiger partial charge in [-0.15, -0.1) is 0 Å². The van der Waals surface area contributed by atoms with Crippen molar-refractivity contribution in [2.75, 3.05) is 0 Å². The van der Waals surface area contributed by atoms with E-state index in [2.05, 4.69) is 0 Å². The molecule has 0 spiro atoms. The molecule has 0 radical (unpaired) electrons. The Labute approximate surface area is 126 Å². The fourth-order valence-electron chi connectivity index (χ4n) is 2.07. The van der Waals surface area contributed by atoms with Crippen molar-refractivity contribution in [1.82, 2.24) is 0 Å². The van der Waals surface area contributed by atoms with E-state index in [0.717, 1.165) is 0 Å². The Kier molecular flexibility index (Phi) is 3.97. The first-order chi connectivity index (χ1) is 9.87. The molecular weight excluding hydrogens is 292 g/mol. The standard InChI is InChI=1S/C15H13ClN2O3/c16-12-8-9(13(17)19)6-7-11(12)15(21,14(18)20)10-4-2-1-3-5-10/h1-8,21H,(H2,17,19)(H2,18,20). The van der Waals surface area contributed by atoms with E-state index in [-0.39, 0.29) is 21.7 Å². The van der Waals surface area contributed by atoms with Crippen LogP contribution in [-0.2, 0) is 10.4 Å². The van der Waals surface area contributed by atoms with Crippen LogP contribution in [-0.4, -0.2) is 16.9 Å². The lowest BCUT2D eigenvalue weighted by Gasteiger charge is -2.26. The highest BCUT2D eigenvalue weighted by atomic mass is 35.5. The van der Waals surface area contributed by atoms with Crippen molar-refractivity contribution in [1.29, 1.82) is 0 Å². The third kappa shape index (κ3) is 2.61. The van der Waals surface area contributed by atoms with Crippen LogP contribution in [0.25, 0.3) is 0 Å². The van der Waals surface area contributed by atoms with Gasteiger partial charge in [-0.05, 0) is 17.7 Å². The molecule has 0 aliphatic rings. The van der Waals surface area contributed by atoms with Crippen LogP contribution >= 0.6 is 11.6 Å². The highest BCUT2D eigenvalue weighted by Gasteiger charge is 2.39. The van der Waals surface area contributed by atoms with Crippen molar-refractivity contribution in [3.05, 3.63) is 70.2 Å². The summed E-state index contributed by atoms with van der Waals surface area (Å²) in [6.07, 6.45) is 0. The molecule has 0 saturated heterocycles. The van der Waals surface area contributed by atoms with Gasteiger partial charge in [0.25, 0.3) is 5.91 Å². The van der Waals surface area contributed by atoms with Gasteiger partial charge < -0.3 is 16.6 Å². The Hall–Kier alpha value is -2.37. The van der Waals surface area contributed by atoms with Crippen LogP contribution in [0.4, 0.5) is 0 Å². The Morgan fingerprint density at radius 2 is 1.67 bits per heavy atom. The Morgan fingerprint density at radius 3 is 2.14 bits per heavy atom. The molecule has 0 aliphatic heterocycles. The predicted octanol–water partition coefficient (Wildman–Crippen LogP) is 1.16. The number of rotatable bonds is 4. The summed E-state index contributed by atoms with van der Waals surface area (Å²) < 4.78 is 0. The van der Waals surface area contributed by atoms with Crippen LogP contribution in [0.1, 0.15) is 21.5 Å². The maximum absolute atomic E-state index is 11.8. The molecule has 6 heteroatoms. The topological polar surface area (TPSA) is 106 Å². The fraction of sp³-hybridized carbons (Fsp3) is 0.0667. The third-order valence-electron chi connectivity index (χ3n) is 3.19. The molecule has 2 aromatic carbocycles. The normalized spacial score (nSPS) is 13.4. The number of nitrogens with two attached hydrogens (primary N) is 2. The molecule has 2 rings (SSSR count). The average Bonchev–Trinajstić information content (AvgIpc) is 2.47. The van der Waals surface area contributed by atoms with E-state index in [1.165, 1.54) is 18.2 Å². The van der Waals surface area contributed by atoms with Crippen molar-refractivity contribution in [2.45, 2.75) is 5.60 Å². The highest BCUT2D eigenvalue weighted by molar-refractivity contribution is 6.32. The summed E-state index contributed by atoms with van der Waals surface area (Å²) in [4.78, 5) is 22.9. The van der Waals surface area contributed by atoms with Crippen molar-refractivity contribution < 1.29 is 14.7 Å². The number of benzene rings is 2. The first-order valence-electron chi connectivity index (χ1n) is 6.05. The summed E-state index contributed by atoms with van der Waals surface area (Å²) in [7, 11) is 0. The summed E-state index contributed by atoms with van der Waals surface area (Å²) in [5, 5.41) is 10.8. The summed E-state index contributed by atoms with van der Waals surface area (Å²) in [6, 6.07) is 12.2. The number of carbonyl (C=O) groups is 2. The van der Waals surface area contributed by atoms with Gasteiger partial charge in [-0.3, -0.25) is 9.59 Å². The second kappa shape index (κ2) is 5.55. The number of primary amides is 2. The fourth-order valence-corrected chi connectivity index (χ4v) is 2.39. The molecule has 5 N–H and O–H groups in total. The van der Waals surface area contributed by atoms with Gasteiger partial charge in [0.15, 0.2) is 5.60 Å². The minimum Gasteiger partial charge on any atom is -0.372 e. The van der Waals surface area contributed by atoms with Crippen LogP contribution in [0.2, 0.25) is 5.02 Å². The van der Waals surface area contributed by atoms with Gasteiger partial charge in [0.2, 0.25) is 5.91 Å². The zero-order chi connectivity index (χ0) is 15.6. The number of halogens is 1. The molecule has 2 aromatic rings. The molecule has 0 heterocycles. The van der Waals surface area contributed by atoms with Gasteiger partial charge in [-0.2, -0.15) is 0 Å². The molecule has 0 aromatic heterocycles. The maximum atomic E-state index is 11.8. The molecule has 1 atom stereocenters. The minimum atomic E-state index is -2.09. The Balaban J connectivity index is 2.65. The summed E-state index contributed by atoms with van der Waals surface area (Å²) in [5.74, 6) is -1.63. The maximum Gasteiger partial charge on any atom is 0.258 e. The lowest BCUT2D eigenvalue weighted by atomic mass is 9.85. The van der Waals surface area contributed by atoms with E-state index >= 15 is 0 Å². The smallest absolute Gasteiger partial charge is 0.258 e.